The number of primary amides is 1. The van der Waals surface area contributed by atoms with Crippen molar-refractivity contribution in [3.8, 4) is 0 Å². The van der Waals surface area contributed by atoms with Crippen LogP contribution >= 0.6 is 11.8 Å². The van der Waals surface area contributed by atoms with E-state index >= 15 is 0 Å². The summed E-state index contributed by atoms with van der Waals surface area (Å²) in [5.74, 6) is 0.863. The number of amides is 1. The molecule has 0 aliphatic carbocycles. The molecule has 0 aromatic rings. The van der Waals surface area contributed by atoms with Gasteiger partial charge in [0, 0.05) is 18.1 Å². The van der Waals surface area contributed by atoms with Crippen LogP contribution in [0.5, 0.6) is 0 Å². The summed E-state index contributed by atoms with van der Waals surface area (Å²) in [7, 11) is 0. The highest BCUT2D eigenvalue weighted by atomic mass is 32.2. The van der Waals surface area contributed by atoms with E-state index in [2.05, 4.69) is 0 Å². The zero-order valence-electron chi connectivity index (χ0n) is 6.67. The van der Waals surface area contributed by atoms with Crippen LogP contribution in [-0.2, 0) is 4.79 Å². The van der Waals surface area contributed by atoms with Crippen molar-refractivity contribution in [2.45, 2.75) is 12.5 Å². The Morgan fingerprint density at radius 2 is 2.18 bits per heavy atom. The van der Waals surface area contributed by atoms with E-state index in [0.29, 0.717) is 12.3 Å². The number of thioether (sulfide) groups is 1. The Labute approximate surface area is 70.9 Å². The average molecular weight is 177 g/mol. The lowest BCUT2D eigenvalue weighted by molar-refractivity contribution is -0.121. The average Bonchev–Trinajstić information content (AvgIpc) is 1.88. The van der Waals surface area contributed by atoms with Crippen LogP contribution in [0.3, 0.4) is 0 Å². The van der Waals surface area contributed by atoms with Gasteiger partial charge in [0.05, 0.1) is 0 Å². The van der Waals surface area contributed by atoms with Crippen molar-refractivity contribution in [3.05, 3.63) is 0 Å². The third kappa shape index (κ3) is 4.23. The molecule has 0 fully saturated rings. The van der Waals surface area contributed by atoms with E-state index in [1.165, 1.54) is 11.8 Å². The van der Waals surface area contributed by atoms with Gasteiger partial charge in [-0.25, -0.2) is 0 Å². The Morgan fingerprint density at radius 3 is 2.55 bits per heavy atom. The quantitative estimate of drug-likeness (QED) is 0.464. The Kier molecular flexibility index (Phi) is 4.48. The number of carbonyl (C=O) groups is 1. The first-order chi connectivity index (χ1) is 5.00. The number of rotatable bonds is 5. The van der Waals surface area contributed by atoms with Gasteiger partial charge in [-0.3, -0.25) is 4.79 Å². The van der Waals surface area contributed by atoms with Crippen molar-refractivity contribution in [3.63, 3.8) is 0 Å². The summed E-state index contributed by atoms with van der Waals surface area (Å²) in [6.07, 6.45) is 0. The summed E-state index contributed by atoms with van der Waals surface area (Å²) in [4.78, 5) is 10.7. The monoisotopic (exact) mass is 177 g/mol. The van der Waals surface area contributed by atoms with Crippen LogP contribution in [-0.4, -0.2) is 29.5 Å². The minimum atomic E-state index is -0.903. The summed E-state index contributed by atoms with van der Waals surface area (Å²) in [6, 6.07) is 0. The van der Waals surface area contributed by atoms with Gasteiger partial charge in [0.1, 0.15) is 5.54 Å². The number of hydrogen-bond donors (Lipinski definition) is 3. The molecule has 0 rings (SSSR count). The molecule has 0 heterocycles. The molecule has 66 valence electrons. The van der Waals surface area contributed by atoms with E-state index in [0.717, 1.165) is 5.75 Å². The van der Waals surface area contributed by atoms with Crippen LogP contribution in [0.1, 0.15) is 6.92 Å². The Balaban J connectivity index is 3.64. The van der Waals surface area contributed by atoms with E-state index in [4.69, 9.17) is 17.2 Å². The predicted molar refractivity (Wildman–Crippen MR) is 48.2 cm³/mol. The molecule has 0 spiro atoms. The number of hydrogen-bond acceptors (Lipinski definition) is 4. The molecule has 0 aliphatic rings. The first-order valence-corrected chi connectivity index (χ1v) is 4.53. The van der Waals surface area contributed by atoms with Gasteiger partial charge in [-0.2, -0.15) is 11.8 Å². The molecular formula is C6H15N3OS. The smallest absolute Gasteiger partial charge is 0.238 e. The van der Waals surface area contributed by atoms with Crippen LogP contribution in [0.15, 0.2) is 0 Å². The molecule has 0 aromatic heterocycles. The lowest BCUT2D eigenvalue weighted by atomic mass is 10.1. The molecule has 0 saturated heterocycles. The van der Waals surface area contributed by atoms with E-state index in [1.807, 2.05) is 0 Å². The molecule has 5 heteroatoms. The lowest BCUT2D eigenvalue weighted by Gasteiger charge is -2.19. The molecule has 0 aliphatic heterocycles. The molecule has 11 heavy (non-hydrogen) atoms. The van der Waals surface area contributed by atoms with E-state index < -0.39 is 11.4 Å². The van der Waals surface area contributed by atoms with Crippen molar-refractivity contribution in [2.75, 3.05) is 18.1 Å². The fraction of sp³-hybridized carbons (Fsp3) is 0.833. The van der Waals surface area contributed by atoms with Gasteiger partial charge in [0.15, 0.2) is 0 Å². The van der Waals surface area contributed by atoms with Gasteiger partial charge >= 0.3 is 0 Å². The largest absolute Gasteiger partial charge is 0.368 e. The van der Waals surface area contributed by atoms with E-state index in [-0.39, 0.29) is 0 Å². The van der Waals surface area contributed by atoms with Crippen LogP contribution < -0.4 is 17.2 Å². The fourth-order valence-electron chi connectivity index (χ4n) is 0.439. The molecule has 0 saturated carbocycles. The van der Waals surface area contributed by atoms with Gasteiger partial charge in [0.2, 0.25) is 5.91 Å². The lowest BCUT2D eigenvalue weighted by Crippen LogP contribution is -2.51. The third-order valence-electron chi connectivity index (χ3n) is 1.23. The maximum absolute atomic E-state index is 10.7. The molecule has 0 unspecified atom stereocenters. The maximum Gasteiger partial charge on any atom is 0.238 e. The molecule has 1 amide bonds. The van der Waals surface area contributed by atoms with Gasteiger partial charge in [-0.1, -0.05) is 0 Å². The van der Waals surface area contributed by atoms with Crippen molar-refractivity contribution >= 4 is 17.7 Å². The highest BCUT2D eigenvalue weighted by molar-refractivity contribution is 7.99. The van der Waals surface area contributed by atoms with Crippen LogP contribution in [0.2, 0.25) is 0 Å². The zero-order valence-corrected chi connectivity index (χ0v) is 7.49. The summed E-state index contributed by atoms with van der Waals surface area (Å²) >= 11 is 1.54. The minimum Gasteiger partial charge on any atom is -0.368 e. The van der Waals surface area contributed by atoms with Gasteiger partial charge in [0.25, 0.3) is 0 Å². The van der Waals surface area contributed by atoms with Crippen molar-refractivity contribution in [2.24, 2.45) is 17.2 Å². The standard InChI is InChI=1S/C6H15N3OS/c1-6(9,5(8)10)4-11-3-2-7/h2-4,7,9H2,1H3,(H2,8,10)/t6-/m0/s1. The van der Waals surface area contributed by atoms with Crippen molar-refractivity contribution in [1.29, 1.82) is 0 Å². The highest BCUT2D eigenvalue weighted by Gasteiger charge is 2.24. The van der Waals surface area contributed by atoms with Crippen LogP contribution in [0.4, 0.5) is 0 Å². The summed E-state index contributed by atoms with van der Waals surface area (Å²) < 4.78 is 0. The van der Waals surface area contributed by atoms with Crippen LogP contribution in [0, 0.1) is 0 Å². The second-order valence-electron chi connectivity index (χ2n) is 2.62. The first kappa shape index (κ1) is 10.7. The minimum absolute atomic E-state index is 0.470. The Bertz CT molecular complexity index is 138. The van der Waals surface area contributed by atoms with Crippen molar-refractivity contribution in [1.82, 2.24) is 0 Å². The summed E-state index contributed by atoms with van der Waals surface area (Å²) in [5.41, 5.74) is 15.0. The van der Waals surface area contributed by atoms with Gasteiger partial charge in [-0.05, 0) is 6.92 Å². The molecule has 6 N–H and O–H groups in total. The first-order valence-electron chi connectivity index (χ1n) is 3.37. The number of nitrogens with two attached hydrogens (primary N) is 3. The fourth-order valence-corrected chi connectivity index (χ4v) is 1.32. The molecule has 0 bridgehead atoms. The molecule has 0 radical (unpaired) electrons. The molecule has 0 aromatic carbocycles. The van der Waals surface area contributed by atoms with E-state index in [9.17, 15) is 4.79 Å². The van der Waals surface area contributed by atoms with Gasteiger partial charge < -0.3 is 17.2 Å². The topological polar surface area (TPSA) is 95.1 Å². The summed E-state index contributed by atoms with van der Waals surface area (Å²) in [5, 5.41) is 0. The normalized spacial score (nSPS) is 15.9. The molecule has 1 atom stereocenters. The number of carbonyl (C=O) groups excluding carboxylic acids is 1. The zero-order chi connectivity index (χ0) is 8.91. The molecular weight excluding hydrogens is 162 g/mol. The van der Waals surface area contributed by atoms with Crippen LogP contribution in [0.25, 0.3) is 0 Å². The Morgan fingerprint density at radius 1 is 1.64 bits per heavy atom. The second-order valence-corrected chi connectivity index (χ2v) is 3.73. The van der Waals surface area contributed by atoms with E-state index in [1.54, 1.807) is 6.92 Å². The highest BCUT2D eigenvalue weighted by Crippen LogP contribution is 2.08. The third-order valence-corrected chi connectivity index (χ3v) is 2.56. The van der Waals surface area contributed by atoms with Crippen molar-refractivity contribution < 1.29 is 4.79 Å². The predicted octanol–water partition coefficient (Wildman–Crippen LogP) is -1.12. The summed E-state index contributed by atoms with van der Waals surface area (Å²) in [6.45, 7) is 2.22. The maximum atomic E-state index is 10.7. The van der Waals surface area contributed by atoms with Gasteiger partial charge in [-0.15, -0.1) is 0 Å². The molecule has 4 nitrogen and oxygen atoms in total. The second kappa shape index (κ2) is 4.58. The Hall–Kier alpha value is -0.260. The SMILES string of the molecule is C[C@](N)(CSCCN)C(N)=O.